The second-order valence-electron chi connectivity index (χ2n) is 9.44. The maximum Gasteiger partial charge on any atom is 0.243 e. The normalized spacial score (nSPS) is 19.3. The lowest BCUT2D eigenvalue weighted by atomic mass is 9.74. The molecular weight excluding hydrogens is 414 g/mol. The first-order chi connectivity index (χ1) is 15.9. The standard InChI is InChI=1S/C27H27N3O3/c1-27(2)15-20-25(22(31)16-27)26(23-13-8-14-33-23)30(21-12-7-6-11-19(21)29-20)17-24(32)28-18-9-4-3-5-10-18/h3-14,26,29H,15-17H2,1-2H3,(H,28,32)/t26-/m0/s1. The van der Waals surface area contributed by atoms with E-state index in [1.807, 2.05) is 71.6 Å². The first kappa shape index (κ1) is 21.1. The predicted octanol–water partition coefficient (Wildman–Crippen LogP) is 5.53. The Kier molecular flexibility index (Phi) is 5.29. The lowest BCUT2D eigenvalue weighted by molar-refractivity contribution is -0.119. The van der Waals surface area contributed by atoms with Gasteiger partial charge in [0.15, 0.2) is 5.78 Å². The van der Waals surface area contributed by atoms with Crippen molar-refractivity contribution in [3.63, 3.8) is 0 Å². The summed E-state index contributed by atoms with van der Waals surface area (Å²) in [5, 5.41) is 6.51. The molecule has 0 spiro atoms. The molecule has 33 heavy (non-hydrogen) atoms. The molecule has 2 aliphatic rings. The molecule has 2 aromatic carbocycles. The Morgan fingerprint density at radius 2 is 1.82 bits per heavy atom. The van der Waals surface area contributed by atoms with E-state index in [1.54, 1.807) is 6.26 Å². The van der Waals surface area contributed by atoms with Gasteiger partial charge in [0.1, 0.15) is 11.8 Å². The van der Waals surface area contributed by atoms with Gasteiger partial charge in [-0.05, 0) is 48.2 Å². The third kappa shape index (κ3) is 4.16. The van der Waals surface area contributed by atoms with E-state index in [1.165, 1.54) is 0 Å². The van der Waals surface area contributed by atoms with Crippen molar-refractivity contribution in [3.8, 4) is 0 Å². The van der Waals surface area contributed by atoms with Crippen molar-refractivity contribution in [1.29, 1.82) is 0 Å². The van der Waals surface area contributed by atoms with Gasteiger partial charge in [-0.3, -0.25) is 9.59 Å². The Morgan fingerprint density at radius 3 is 2.58 bits per heavy atom. The van der Waals surface area contributed by atoms with E-state index in [-0.39, 0.29) is 23.7 Å². The Labute approximate surface area is 193 Å². The zero-order valence-electron chi connectivity index (χ0n) is 18.8. The largest absolute Gasteiger partial charge is 0.467 e. The monoisotopic (exact) mass is 441 g/mol. The third-order valence-electron chi connectivity index (χ3n) is 6.19. The smallest absolute Gasteiger partial charge is 0.243 e. The quantitative estimate of drug-likeness (QED) is 0.556. The van der Waals surface area contributed by atoms with Gasteiger partial charge in [0.05, 0.1) is 24.2 Å². The van der Waals surface area contributed by atoms with Crippen LogP contribution in [0.3, 0.4) is 0 Å². The number of para-hydroxylation sites is 3. The number of nitrogens with zero attached hydrogens (tertiary/aromatic N) is 1. The molecule has 5 rings (SSSR count). The van der Waals surface area contributed by atoms with Crippen molar-refractivity contribution in [2.45, 2.75) is 32.7 Å². The van der Waals surface area contributed by atoms with Gasteiger partial charge in [0, 0.05) is 23.4 Å². The summed E-state index contributed by atoms with van der Waals surface area (Å²) in [6.07, 6.45) is 2.80. The van der Waals surface area contributed by atoms with Gasteiger partial charge < -0.3 is 20.0 Å². The predicted molar refractivity (Wildman–Crippen MR) is 129 cm³/mol. The summed E-state index contributed by atoms with van der Waals surface area (Å²) in [5.41, 5.74) is 3.88. The van der Waals surface area contributed by atoms with Gasteiger partial charge in [-0.15, -0.1) is 0 Å². The number of fused-ring (bicyclic) bond motifs is 1. The van der Waals surface area contributed by atoms with Gasteiger partial charge in [0.25, 0.3) is 0 Å². The summed E-state index contributed by atoms with van der Waals surface area (Å²) in [4.78, 5) is 28.6. The maximum atomic E-state index is 13.5. The summed E-state index contributed by atoms with van der Waals surface area (Å²) in [6.45, 7) is 4.28. The van der Waals surface area contributed by atoms with Crippen LogP contribution in [0.25, 0.3) is 0 Å². The minimum Gasteiger partial charge on any atom is -0.467 e. The highest BCUT2D eigenvalue weighted by atomic mass is 16.3. The summed E-state index contributed by atoms with van der Waals surface area (Å²) >= 11 is 0. The van der Waals surface area contributed by atoms with Gasteiger partial charge in [-0.1, -0.05) is 44.2 Å². The summed E-state index contributed by atoms with van der Waals surface area (Å²) in [7, 11) is 0. The summed E-state index contributed by atoms with van der Waals surface area (Å²) in [5.74, 6) is 0.554. The van der Waals surface area contributed by atoms with Crippen LogP contribution in [-0.2, 0) is 9.59 Å². The van der Waals surface area contributed by atoms with Gasteiger partial charge in [-0.2, -0.15) is 0 Å². The molecule has 1 amide bonds. The molecule has 0 bridgehead atoms. The number of amides is 1. The molecule has 6 heteroatoms. The fourth-order valence-corrected chi connectivity index (χ4v) is 4.85. The summed E-state index contributed by atoms with van der Waals surface area (Å²) in [6, 6.07) is 20.4. The fraction of sp³-hybridized carbons (Fsp3) is 0.259. The zero-order chi connectivity index (χ0) is 23.0. The molecule has 2 heterocycles. The summed E-state index contributed by atoms with van der Waals surface area (Å²) < 4.78 is 5.84. The third-order valence-corrected chi connectivity index (χ3v) is 6.19. The molecule has 0 unspecified atom stereocenters. The average Bonchev–Trinajstić information content (AvgIpc) is 3.26. The number of Topliss-reactive ketones (excluding diaryl/α,β-unsaturated/α-hetero) is 1. The molecule has 0 saturated heterocycles. The number of allylic oxidation sites excluding steroid dienone is 1. The molecule has 3 aromatic rings. The highest BCUT2D eigenvalue weighted by molar-refractivity contribution is 6.02. The van der Waals surface area contributed by atoms with E-state index in [4.69, 9.17) is 4.42 Å². The molecule has 0 fully saturated rings. The van der Waals surface area contributed by atoms with Gasteiger partial charge in [0.2, 0.25) is 5.91 Å². The first-order valence-corrected chi connectivity index (χ1v) is 11.2. The van der Waals surface area contributed by atoms with Crippen LogP contribution in [0, 0.1) is 5.41 Å². The van der Waals surface area contributed by atoms with Crippen LogP contribution in [0.4, 0.5) is 17.1 Å². The molecular formula is C27H27N3O3. The molecule has 1 atom stereocenters. The number of ketones is 1. The lowest BCUT2D eigenvalue weighted by Crippen LogP contribution is -2.40. The SMILES string of the molecule is CC1(C)CC(=O)C2=C(C1)Nc1ccccc1N(CC(=O)Nc1ccccc1)[C@H]2c1ccco1. The van der Waals surface area contributed by atoms with Crippen LogP contribution in [0.15, 0.2) is 88.7 Å². The molecule has 6 nitrogen and oxygen atoms in total. The number of carbonyl (C=O) groups is 2. The van der Waals surface area contributed by atoms with E-state index in [2.05, 4.69) is 24.5 Å². The highest BCUT2D eigenvalue weighted by Crippen LogP contribution is 2.48. The number of nitrogens with one attached hydrogen (secondary N) is 2. The number of furan rings is 1. The second-order valence-corrected chi connectivity index (χ2v) is 9.44. The topological polar surface area (TPSA) is 74.6 Å². The number of anilines is 3. The molecule has 1 aromatic heterocycles. The van der Waals surface area contributed by atoms with Crippen LogP contribution in [0.1, 0.15) is 38.5 Å². The van der Waals surface area contributed by atoms with Gasteiger partial charge in [-0.25, -0.2) is 0 Å². The Morgan fingerprint density at radius 1 is 1.06 bits per heavy atom. The zero-order valence-corrected chi connectivity index (χ0v) is 18.8. The van der Waals surface area contributed by atoms with Crippen LogP contribution >= 0.6 is 0 Å². The van der Waals surface area contributed by atoms with E-state index in [9.17, 15) is 9.59 Å². The number of benzene rings is 2. The number of rotatable bonds is 4. The number of carbonyl (C=O) groups excluding carboxylic acids is 2. The maximum absolute atomic E-state index is 13.5. The van der Waals surface area contributed by atoms with Crippen molar-refractivity contribution >= 4 is 28.8 Å². The molecule has 2 N–H and O–H groups in total. The van der Waals surface area contributed by atoms with E-state index < -0.39 is 6.04 Å². The van der Waals surface area contributed by atoms with Crippen molar-refractivity contribution in [1.82, 2.24) is 0 Å². The van der Waals surface area contributed by atoms with E-state index in [0.29, 0.717) is 17.8 Å². The van der Waals surface area contributed by atoms with Crippen molar-refractivity contribution in [3.05, 3.63) is 90.0 Å². The molecule has 0 saturated carbocycles. The Balaban J connectivity index is 1.61. The lowest BCUT2D eigenvalue weighted by Gasteiger charge is -2.36. The Bertz CT molecular complexity index is 1210. The molecule has 1 aliphatic heterocycles. The molecule has 0 radical (unpaired) electrons. The fourth-order valence-electron chi connectivity index (χ4n) is 4.85. The van der Waals surface area contributed by atoms with Crippen LogP contribution in [-0.4, -0.2) is 18.2 Å². The minimum absolute atomic E-state index is 0.0619. The average molecular weight is 442 g/mol. The number of hydrogen-bond donors (Lipinski definition) is 2. The highest BCUT2D eigenvalue weighted by Gasteiger charge is 2.42. The number of hydrogen-bond acceptors (Lipinski definition) is 5. The van der Waals surface area contributed by atoms with Crippen molar-refractivity contribution < 1.29 is 14.0 Å². The van der Waals surface area contributed by atoms with Crippen LogP contribution < -0.4 is 15.5 Å². The molecule has 1 aliphatic carbocycles. The van der Waals surface area contributed by atoms with E-state index in [0.717, 1.165) is 29.2 Å². The Hall–Kier alpha value is -3.80. The van der Waals surface area contributed by atoms with Crippen LogP contribution in [0.5, 0.6) is 0 Å². The van der Waals surface area contributed by atoms with Crippen molar-refractivity contribution in [2.24, 2.45) is 5.41 Å². The molecule has 168 valence electrons. The van der Waals surface area contributed by atoms with Crippen LogP contribution in [0.2, 0.25) is 0 Å². The van der Waals surface area contributed by atoms with Crippen molar-refractivity contribution in [2.75, 3.05) is 22.1 Å². The minimum atomic E-state index is -0.503. The van der Waals surface area contributed by atoms with Gasteiger partial charge >= 0.3 is 0 Å². The second kappa shape index (κ2) is 8.28. The first-order valence-electron chi connectivity index (χ1n) is 11.2. The van der Waals surface area contributed by atoms with E-state index >= 15 is 0 Å².